The lowest BCUT2D eigenvalue weighted by Gasteiger charge is -2.31. The first-order valence-corrected chi connectivity index (χ1v) is 11.3. The second kappa shape index (κ2) is 11.0. The predicted octanol–water partition coefficient (Wildman–Crippen LogP) is 4.31. The molecule has 0 bridgehead atoms. The Kier molecular flexibility index (Phi) is 8.17. The minimum Gasteiger partial charge on any atom is -0.463 e. The van der Waals surface area contributed by atoms with Gasteiger partial charge in [0, 0.05) is 23.5 Å². The summed E-state index contributed by atoms with van der Waals surface area (Å²) in [5.74, 6) is -0.845. The second-order valence-corrected chi connectivity index (χ2v) is 8.44. The average molecular weight is 446 g/mol. The number of hydrogen-bond donors (Lipinski definition) is 0. The molecule has 0 spiro atoms. The molecule has 3 rings (SSSR count). The predicted molar refractivity (Wildman–Crippen MR) is 116 cm³/mol. The van der Waals surface area contributed by atoms with Crippen LogP contribution < -0.4 is 0 Å². The van der Waals surface area contributed by atoms with Gasteiger partial charge < -0.3 is 18.8 Å². The number of ether oxygens (including phenoxy) is 2. The van der Waals surface area contributed by atoms with Crippen molar-refractivity contribution in [3.63, 3.8) is 0 Å². The molecule has 1 heterocycles. The van der Waals surface area contributed by atoms with E-state index in [0.29, 0.717) is 22.1 Å². The molecule has 1 aromatic heterocycles. The monoisotopic (exact) mass is 445 g/mol. The fraction of sp³-hybridized carbons (Fsp3) is 0.435. The van der Waals surface area contributed by atoms with E-state index >= 15 is 0 Å². The first-order chi connectivity index (χ1) is 15.0. The van der Waals surface area contributed by atoms with Crippen LogP contribution in [0.25, 0.3) is 0 Å². The number of methoxy groups -OCH3 is 1. The third kappa shape index (κ3) is 5.91. The van der Waals surface area contributed by atoms with Crippen molar-refractivity contribution in [2.24, 2.45) is 0 Å². The Morgan fingerprint density at radius 1 is 1.10 bits per heavy atom. The van der Waals surface area contributed by atoms with Crippen molar-refractivity contribution in [3.8, 4) is 0 Å². The summed E-state index contributed by atoms with van der Waals surface area (Å²) in [6, 6.07) is 8.89. The zero-order valence-corrected chi connectivity index (χ0v) is 18.6. The fourth-order valence-electron chi connectivity index (χ4n) is 3.62. The summed E-state index contributed by atoms with van der Waals surface area (Å²) >= 11 is 1.33. The van der Waals surface area contributed by atoms with E-state index in [9.17, 15) is 14.4 Å². The van der Waals surface area contributed by atoms with Crippen LogP contribution in [0.5, 0.6) is 0 Å². The van der Waals surface area contributed by atoms with E-state index in [2.05, 4.69) is 4.74 Å². The number of hydrogen-bond acceptors (Lipinski definition) is 7. The number of furan rings is 1. The van der Waals surface area contributed by atoms with Gasteiger partial charge in [-0.2, -0.15) is 0 Å². The van der Waals surface area contributed by atoms with Crippen molar-refractivity contribution < 1.29 is 28.3 Å². The van der Waals surface area contributed by atoms with Gasteiger partial charge in [0.2, 0.25) is 11.7 Å². The molecule has 1 fully saturated rings. The van der Waals surface area contributed by atoms with E-state index in [4.69, 9.17) is 9.15 Å². The first-order valence-electron chi connectivity index (χ1n) is 10.3. The first kappa shape index (κ1) is 22.9. The van der Waals surface area contributed by atoms with Crippen molar-refractivity contribution in [2.45, 2.75) is 49.6 Å². The third-order valence-electron chi connectivity index (χ3n) is 5.45. The maximum Gasteiger partial charge on any atom is 0.374 e. The van der Waals surface area contributed by atoms with Gasteiger partial charge in [-0.3, -0.25) is 4.79 Å². The van der Waals surface area contributed by atoms with Crippen molar-refractivity contribution in [1.29, 1.82) is 0 Å². The molecule has 8 heteroatoms. The van der Waals surface area contributed by atoms with Crippen molar-refractivity contribution in [1.82, 2.24) is 4.90 Å². The molecule has 0 atom stereocenters. The van der Waals surface area contributed by atoms with Gasteiger partial charge in [0.1, 0.15) is 6.61 Å². The van der Waals surface area contributed by atoms with Crippen LogP contribution in [0.4, 0.5) is 0 Å². The summed E-state index contributed by atoms with van der Waals surface area (Å²) in [7, 11) is 3.12. The third-order valence-corrected chi connectivity index (χ3v) is 6.51. The van der Waals surface area contributed by atoms with E-state index in [-0.39, 0.29) is 24.0 Å². The van der Waals surface area contributed by atoms with Gasteiger partial charge in [-0.05, 0) is 31.0 Å². The maximum atomic E-state index is 12.7. The van der Waals surface area contributed by atoms with Crippen LogP contribution in [-0.2, 0) is 20.9 Å². The zero-order valence-electron chi connectivity index (χ0n) is 17.8. The van der Waals surface area contributed by atoms with Gasteiger partial charge in [0.05, 0.1) is 24.7 Å². The summed E-state index contributed by atoms with van der Waals surface area (Å²) in [6.07, 6.45) is 7.02. The Bertz CT molecular complexity index is 918. The number of carbonyl (C=O) groups excluding carboxylic acids is 3. The number of rotatable bonds is 8. The Hall–Kier alpha value is -2.74. The molecular weight excluding hydrogens is 418 g/mol. The highest BCUT2D eigenvalue weighted by atomic mass is 32.2. The lowest BCUT2D eigenvalue weighted by molar-refractivity contribution is -0.129. The summed E-state index contributed by atoms with van der Waals surface area (Å²) in [6.45, 7) is -0.123. The molecule has 166 valence electrons. The molecule has 0 radical (unpaired) electrons. The molecule has 1 aliphatic rings. The van der Waals surface area contributed by atoms with Crippen LogP contribution in [0, 0.1) is 0 Å². The minimum absolute atomic E-state index is 0.00862. The molecule has 1 amide bonds. The Morgan fingerprint density at radius 2 is 1.84 bits per heavy atom. The Morgan fingerprint density at radius 3 is 2.58 bits per heavy atom. The smallest absolute Gasteiger partial charge is 0.374 e. The summed E-state index contributed by atoms with van der Waals surface area (Å²) in [5.41, 5.74) is 0.804. The van der Waals surface area contributed by atoms with Gasteiger partial charge in [-0.1, -0.05) is 31.4 Å². The maximum absolute atomic E-state index is 12.7. The molecular formula is C23H27NO6S. The molecule has 0 aliphatic heterocycles. The summed E-state index contributed by atoms with van der Waals surface area (Å²) < 4.78 is 15.1. The van der Waals surface area contributed by atoms with Crippen molar-refractivity contribution >= 4 is 29.6 Å². The number of esters is 2. The molecule has 0 N–H and O–H groups in total. The van der Waals surface area contributed by atoms with Crippen molar-refractivity contribution in [3.05, 3.63) is 53.5 Å². The highest BCUT2D eigenvalue weighted by molar-refractivity contribution is 8.00. The van der Waals surface area contributed by atoms with E-state index in [1.807, 2.05) is 18.0 Å². The van der Waals surface area contributed by atoms with Gasteiger partial charge in [-0.15, -0.1) is 11.8 Å². The van der Waals surface area contributed by atoms with Gasteiger partial charge >= 0.3 is 11.9 Å². The standard InChI is InChI=1S/C23H27NO6S/c1-24(17-8-4-3-5-9-17)20(25)15-31-19-11-7-6-10-18(19)22(26)30-14-16-12-13-29-21(16)23(27)28-2/h6-7,10-13,17H,3-5,8-9,14-15H2,1-2H3. The number of thioether (sulfide) groups is 1. The molecule has 1 aliphatic carbocycles. The molecule has 31 heavy (non-hydrogen) atoms. The number of amides is 1. The van der Waals surface area contributed by atoms with Crippen LogP contribution >= 0.6 is 11.8 Å². The normalized spacial score (nSPS) is 14.1. The Balaban J connectivity index is 1.59. The van der Waals surface area contributed by atoms with Crippen molar-refractivity contribution in [2.75, 3.05) is 19.9 Å². The highest BCUT2D eigenvalue weighted by Crippen LogP contribution is 2.26. The second-order valence-electron chi connectivity index (χ2n) is 7.42. The minimum atomic E-state index is -0.632. The molecule has 1 saturated carbocycles. The number of benzene rings is 1. The Labute approximate surface area is 186 Å². The largest absolute Gasteiger partial charge is 0.463 e. The van der Waals surface area contributed by atoms with Crippen LogP contribution in [0.2, 0.25) is 0 Å². The molecule has 2 aromatic rings. The van der Waals surface area contributed by atoms with Crippen LogP contribution in [0.3, 0.4) is 0 Å². The summed E-state index contributed by atoms with van der Waals surface area (Å²) in [5, 5.41) is 0. The average Bonchev–Trinajstić information content (AvgIpc) is 3.29. The van der Waals surface area contributed by atoms with E-state index in [0.717, 1.165) is 12.8 Å². The fourth-order valence-corrected chi connectivity index (χ4v) is 4.58. The van der Waals surface area contributed by atoms with Gasteiger partial charge in [-0.25, -0.2) is 9.59 Å². The lowest BCUT2D eigenvalue weighted by Crippen LogP contribution is -2.39. The summed E-state index contributed by atoms with van der Waals surface area (Å²) in [4.78, 5) is 39.5. The van der Waals surface area contributed by atoms with Crippen LogP contribution in [0.15, 0.2) is 45.9 Å². The molecule has 7 nitrogen and oxygen atoms in total. The van der Waals surface area contributed by atoms with Crippen LogP contribution in [0.1, 0.15) is 58.6 Å². The van der Waals surface area contributed by atoms with Crippen LogP contribution in [-0.4, -0.2) is 48.7 Å². The quantitative estimate of drug-likeness (QED) is 0.442. The van der Waals surface area contributed by atoms with E-state index in [1.54, 1.807) is 24.3 Å². The van der Waals surface area contributed by atoms with E-state index < -0.39 is 11.9 Å². The number of carbonyl (C=O) groups is 3. The van der Waals surface area contributed by atoms with Gasteiger partial charge in [0.15, 0.2) is 0 Å². The zero-order chi connectivity index (χ0) is 22.2. The molecule has 1 aromatic carbocycles. The molecule has 0 saturated heterocycles. The number of nitrogens with zero attached hydrogens (tertiary/aromatic N) is 1. The SMILES string of the molecule is COC(=O)c1occc1COC(=O)c1ccccc1SCC(=O)N(C)C1CCCCC1. The topological polar surface area (TPSA) is 86.0 Å². The lowest BCUT2D eigenvalue weighted by atomic mass is 9.94. The highest BCUT2D eigenvalue weighted by Gasteiger charge is 2.23. The van der Waals surface area contributed by atoms with E-state index in [1.165, 1.54) is 44.4 Å². The molecule has 0 unspecified atom stereocenters. The van der Waals surface area contributed by atoms with Gasteiger partial charge in [0.25, 0.3) is 0 Å².